The number of benzene rings is 1. The third-order valence-electron chi connectivity index (χ3n) is 4.49. The maximum atomic E-state index is 12.0. The van der Waals surface area contributed by atoms with Crippen LogP contribution in [0.1, 0.15) is 25.7 Å². The van der Waals surface area contributed by atoms with Crippen molar-refractivity contribution in [2.24, 2.45) is 13.0 Å². The lowest BCUT2D eigenvalue weighted by molar-refractivity contribution is 0.105. The van der Waals surface area contributed by atoms with Gasteiger partial charge in [-0.2, -0.15) is 0 Å². The molecule has 1 aliphatic carbocycles. The minimum absolute atomic E-state index is 0.000112. The van der Waals surface area contributed by atoms with Crippen molar-refractivity contribution in [3.8, 4) is 0 Å². The van der Waals surface area contributed by atoms with Crippen LogP contribution in [0, 0.1) is 5.92 Å². The quantitative estimate of drug-likeness (QED) is 0.911. The molecule has 112 valence electrons. The summed E-state index contributed by atoms with van der Waals surface area (Å²) >= 11 is 0. The van der Waals surface area contributed by atoms with Gasteiger partial charge in [-0.05, 0) is 31.2 Å². The number of pyridine rings is 1. The van der Waals surface area contributed by atoms with E-state index < -0.39 is 0 Å². The van der Waals surface area contributed by atoms with Crippen LogP contribution in [0.15, 0.2) is 35.1 Å². The Labute approximate surface area is 124 Å². The van der Waals surface area contributed by atoms with E-state index in [0.717, 1.165) is 48.8 Å². The first-order valence-corrected chi connectivity index (χ1v) is 7.66. The van der Waals surface area contributed by atoms with Crippen molar-refractivity contribution in [3.63, 3.8) is 0 Å². The highest BCUT2D eigenvalue weighted by atomic mass is 16.3. The molecular formula is C17H22N2O2. The van der Waals surface area contributed by atoms with Gasteiger partial charge in [-0.25, -0.2) is 0 Å². The average molecular weight is 286 g/mol. The number of para-hydroxylation sites is 1. The summed E-state index contributed by atoms with van der Waals surface area (Å²) in [5, 5.41) is 14.2. The molecule has 0 aliphatic heterocycles. The molecular weight excluding hydrogens is 264 g/mol. The van der Waals surface area contributed by atoms with Gasteiger partial charge >= 0.3 is 0 Å². The summed E-state index contributed by atoms with van der Waals surface area (Å²) in [7, 11) is 1.80. The molecule has 4 nitrogen and oxygen atoms in total. The molecule has 2 atom stereocenters. The molecule has 0 bridgehead atoms. The second-order valence-corrected chi connectivity index (χ2v) is 6.04. The van der Waals surface area contributed by atoms with Gasteiger partial charge in [0, 0.05) is 30.7 Å². The first kappa shape index (κ1) is 14.1. The predicted octanol–water partition coefficient (Wildman–Crippen LogP) is 2.50. The van der Waals surface area contributed by atoms with Crippen LogP contribution in [0.5, 0.6) is 0 Å². The van der Waals surface area contributed by atoms with Crippen LogP contribution in [0.2, 0.25) is 0 Å². The van der Waals surface area contributed by atoms with Crippen LogP contribution in [-0.4, -0.2) is 22.3 Å². The van der Waals surface area contributed by atoms with Crippen molar-refractivity contribution in [2.75, 3.05) is 11.9 Å². The SMILES string of the molecule is Cn1c(=O)cc(NCC2CCCC(O)C2)c2ccccc21. The monoisotopic (exact) mass is 286 g/mol. The molecule has 0 radical (unpaired) electrons. The number of hydrogen-bond acceptors (Lipinski definition) is 3. The van der Waals surface area contributed by atoms with Crippen LogP contribution in [0.25, 0.3) is 10.9 Å². The number of nitrogens with zero attached hydrogens (tertiary/aromatic N) is 1. The maximum Gasteiger partial charge on any atom is 0.252 e. The third-order valence-corrected chi connectivity index (χ3v) is 4.49. The summed E-state index contributed by atoms with van der Waals surface area (Å²) in [5.41, 5.74) is 1.84. The largest absolute Gasteiger partial charge is 0.393 e. The van der Waals surface area contributed by atoms with E-state index >= 15 is 0 Å². The Kier molecular flexibility index (Phi) is 3.97. The van der Waals surface area contributed by atoms with Crippen LogP contribution < -0.4 is 10.9 Å². The molecule has 1 aliphatic rings. The fraction of sp³-hybridized carbons (Fsp3) is 0.471. The van der Waals surface area contributed by atoms with Crippen LogP contribution >= 0.6 is 0 Å². The van der Waals surface area contributed by atoms with E-state index in [0.29, 0.717) is 5.92 Å². The van der Waals surface area contributed by atoms with Crippen molar-refractivity contribution in [2.45, 2.75) is 31.8 Å². The van der Waals surface area contributed by atoms with Crippen molar-refractivity contribution >= 4 is 16.6 Å². The lowest BCUT2D eigenvalue weighted by Crippen LogP contribution is -2.25. The number of rotatable bonds is 3. The van der Waals surface area contributed by atoms with Gasteiger partial charge in [0.25, 0.3) is 5.56 Å². The summed E-state index contributed by atoms with van der Waals surface area (Å²) < 4.78 is 1.67. The second-order valence-electron chi connectivity index (χ2n) is 6.04. The predicted molar refractivity (Wildman–Crippen MR) is 85.6 cm³/mol. The fourth-order valence-electron chi connectivity index (χ4n) is 3.26. The molecule has 1 saturated carbocycles. The molecule has 4 heteroatoms. The van der Waals surface area contributed by atoms with Crippen LogP contribution in [0.3, 0.4) is 0 Å². The molecule has 1 fully saturated rings. The summed E-state index contributed by atoms with van der Waals surface area (Å²) in [4.78, 5) is 12.0. The van der Waals surface area contributed by atoms with Gasteiger partial charge in [-0.15, -0.1) is 0 Å². The summed E-state index contributed by atoms with van der Waals surface area (Å²) in [5.74, 6) is 0.483. The van der Waals surface area contributed by atoms with Crippen molar-refractivity contribution in [3.05, 3.63) is 40.7 Å². The van der Waals surface area contributed by atoms with Gasteiger partial charge < -0.3 is 15.0 Å². The number of aromatic nitrogens is 1. The van der Waals surface area contributed by atoms with Crippen molar-refractivity contribution in [1.82, 2.24) is 4.57 Å². The van der Waals surface area contributed by atoms with Gasteiger partial charge in [0.1, 0.15) is 0 Å². The Morgan fingerprint density at radius 3 is 2.95 bits per heavy atom. The van der Waals surface area contributed by atoms with Crippen molar-refractivity contribution in [1.29, 1.82) is 0 Å². The van der Waals surface area contributed by atoms with Gasteiger partial charge in [-0.3, -0.25) is 4.79 Å². The number of fused-ring (bicyclic) bond motifs is 1. The van der Waals surface area contributed by atoms with Crippen molar-refractivity contribution < 1.29 is 5.11 Å². The first-order chi connectivity index (χ1) is 10.1. The van der Waals surface area contributed by atoms with E-state index in [1.54, 1.807) is 17.7 Å². The Morgan fingerprint density at radius 1 is 1.33 bits per heavy atom. The Balaban J connectivity index is 1.84. The van der Waals surface area contributed by atoms with E-state index in [4.69, 9.17) is 0 Å². The molecule has 0 saturated heterocycles. The number of nitrogens with one attached hydrogen (secondary N) is 1. The molecule has 1 aromatic heterocycles. The maximum absolute atomic E-state index is 12.0. The van der Waals surface area contributed by atoms with Crippen LogP contribution in [-0.2, 0) is 7.05 Å². The minimum Gasteiger partial charge on any atom is -0.393 e. The summed E-state index contributed by atoms with van der Waals surface area (Å²) in [6.07, 6.45) is 3.85. The second kappa shape index (κ2) is 5.90. The van der Waals surface area contributed by atoms with Gasteiger partial charge in [0.15, 0.2) is 0 Å². The number of anilines is 1. The van der Waals surface area contributed by atoms with E-state index in [-0.39, 0.29) is 11.7 Å². The molecule has 2 N–H and O–H groups in total. The molecule has 2 aromatic rings. The third kappa shape index (κ3) is 2.95. The molecule has 21 heavy (non-hydrogen) atoms. The van der Waals surface area contributed by atoms with E-state index in [9.17, 15) is 9.90 Å². The fourth-order valence-corrected chi connectivity index (χ4v) is 3.26. The summed E-state index contributed by atoms with van der Waals surface area (Å²) in [6, 6.07) is 9.60. The lowest BCUT2D eigenvalue weighted by Gasteiger charge is -2.26. The number of aryl methyl sites for hydroxylation is 1. The average Bonchev–Trinajstić information content (AvgIpc) is 2.50. The summed E-state index contributed by atoms with van der Waals surface area (Å²) in [6.45, 7) is 0.814. The zero-order valence-corrected chi connectivity index (χ0v) is 12.4. The molecule has 1 aromatic carbocycles. The normalized spacial score (nSPS) is 22.4. The highest BCUT2D eigenvalue weighted by Gasteiger charge is 2.20. The number of aliphatic hydroxyl groups is 1. The lowest BCUT2D eigenvalue weighted by atomic mass is 9.87. The zero-order chi connectivity index (χ0) is 14.8. The van der Waals surface area contributed by atoms with Gasteiger partial charge in [-0.1, -0.05) is 24.6 Å². The topological polar surface area (TPSA) is 54.3 Å². The molecule has 3 rings (SSSR count). The number of aliphatic hydroxyl groups excluding tert-OH is 1. The minimum atomic E-state index is -0.161. The first-order valence-electron chi connectivity index (χ1n) is 7.66. The molecule has 0 amide bonds. The van der Waals surface area contributed by atoms with Gasteiger partial charge in [0.2, 0.25) is 0 Å². The highest BCUT2D eigenvalue weighted by Crippen LogP contribution is 2.26. The van der Waals surface area contributed by atoms with E-state index in [1.807, 2.05) is 24.3 Å². The molecule has 2 unspecified atom stereocenters. The number of hydrogen-bond donors (Lipinski definition) is 2. The standard InChI is InChI=1S/C17H22N2O2/c1-19-16-8-3-2-7-14(16)15(10-17(19)21)18-11-12-5-4-6-13(20)9-12/h2-3,7-8,10,12-13,18,20H,4-6,9,11H2,1H3. The Bertz CT molecular complexity index is 693. The van der Waals surface area contributed by atoms with E-state index in [2.05, 4.69) is 5.32 Å². The zero-order valence-electron chi connectivity index (χ0n) is 12.4. The Hall–Kier alpha value is -1.81. The highest BCUT2D eigenvalue weighted by molar-refractivity contribution is 5.91. The molecule has 0 spiro atoms. The van der Waals surface area contributed by atoms with Crippen LogP contribution in [0.4, 0.5) is 5.69 Å². The smallest absolute Gasteiger partial charge is 0.252 e. The van der Waals surface area contributed by atoms with E-state index in [1.165, 1.54) is 0 Å². The molecule has 1 heterocycles. The Morgan fingerprint density at radius 2 is 2.14 bits per heavy atom. The van der Waals surface area contributed by atoms with Gasteiger partial charge in [0.05, 0.1) is 11.6 Å².